The molecule has 2 heterocycles. The van der Waals surface area contributed by atoms with E-state index in [4.69, 9.17) is 4.74 Å². The van der Waals surface area contributed by atoms with Gasteiger partial charge in [0.15, 0.2) is 0 Å². The lowest BCUT2D eigenvalue weighted by Crippen LogP contribution is -2.27. The van der Waals surface area contributed by atoms with E-state index in [1.807, 2.05) is 12.1 Å². The number of aromatic nitrogens is 1. The van der Waals surface area contributed by atoms with Crippen LogP contribution in [0.3, 0.4) is 0 Å². The molecule has 0 radical (unpaired) electrons. The van der Waals surface area contributed by atoms with E-state index in [0.29, 0.717) is 0 Å². The van der Waals surface area contributed by atoms with E-state index >= 15 is 0 Å². The summed E-state index contributed by atoms with van der Waals surface area (Å²) in [5.74, 6) is 1.61. The summed E-state index contributed by atoms with van der Waals surface area (Å²) in [6.07, 6.45) is 6.80. The minimum absolute atomic E-state index is 0.721. The fourth-order valence-electron chi connectivity index (χ4n) is 2.17. The topological polar surface area (TPSA) is 34.1 Å². The van der Waals surface area contributed by atoms with Gasteiger partial charge in [0, 0.05) is 16.7 Å². The molecule has 0 bridgehead atoms. The summed E-state index contributed by atoms with van der Waals surface area (Å²) < 4.78 is 6.59. The van der Waals surface area contributed by atoms with E-state index in [-0.39, 0.29) is 0 Å². The van der Waals surface area contributed by atoms with Crippen molar-refractivity contribution in [3.63, 3.8) is 0 Å². The van der Waals surface area contributed by atoms with Gasteiger partial charge < -0.3 is 10.1 Å². The number of ether oxygens (including phenoxy) is 1. The van der Waals surface area contributed by atoms with Crippen molar-refractivity contribution < 1.29 is 4.74 Å². The second kappa shape index (κ2) is 6.97. The van der Waals surface area contributed by atoms with Gasteiger partial charge in [0.1, 0.15) is 0 Å². The van der Waals surface area contributed by atoms with Gasteiger partial charge in [-0.05, 0) is 66.7 Å². The Balaban J connectivity index is 1.60. The highest BCUT2D eigenvalue weighted by molar-refractivity contribution is 9.10. The van der Waals surface area contributed by atoms with Crippen LogP contribution in [0.1, 0.15) is 25.7 Å². The molecule has 1 aromatic rings. The van der Waals surface area contributed by atoms with Gasteiger partial charge in [-0.2, -0.15) is 0 Å². The highest BCUT2D eigenvalue weighted by Gasteiger charge is 2.12. The van der Waals surface area contributed by atoms with Gasteiger partial charge in [0.05, 0.1) is 6.61 Å². The van der Waals surface area contributed by atoms with Crippen molar-refractivity contribution in [2.45, 2.75) is 25.7 Å². The zero-order valence-electron chi connectivity index (χ0n) is 9.99. The Morgan fingerprint density at radius 2 is 2.18 bits per heavy atom. The Labute approximate surface area is 111 Å². The van der Waals surface area contributed by atoms with Gasteiger partial charge in [-0.3, -0.25) is 0 Å². The molecule has 0 atom stereocenters. The molecule has 1 aliphatic heterocycles. The molecule has 3 nitrogen and oxygen atoms in total. The zero-order valence-corrected chi connectivity index (χ0v) is 11.6. The molecular weight excluding hydrogens is 280 g/mol. The maximum atomic E-state index is 5.60. The summed E-state index contributed by atoms with van der Waals surface area (Å²) in [5.41, 5.74) is 0. The summed E-state index contributed by atoms with van der Waals surface area (Å²) in [5, 5.41) is 3.39. The Morgan fingerprint density at radius 3 is 2.88 bits per heavy atom. The van der Waals surface area contributed by atoms with E-state index in [1.165, 1.54) is 32.4 Å². The second-order valence-corrected chi connectivity index (χ2v) is 5.41. The van der Waals surface area contributed by atoms with Crippen molar-refractivity contribution in [1.29, 1.82) is 0 Å². The largest absolute Gasteiger partial charge is 0.478 e. The van der Waals surface area contributed by atoms with E-state index < -0.39 is 0 Å². The number of halogens is 1. The summed E-state index contributed by atoms with van der Waals surface area (Å²) in [7, 11) is 0. The maximum absolute atomic E-state index is 5.60. The van der Waals surface area contributed by atoms with E-state index in [1.54, 1.807) is 6.20 Å². The standard InChI is InChI=1S/C13H19BrN2O/c14-12-3-4-13(16-10-12)17-9-1-2-11-5-7-15-8-6-11/h3-4,10-11,15H,1-2,5-9H2. The smallest absolute Gasteiger partial charge is 0.213 e. The predicted octanol–water partition coefficient (Wildman–Crippen LogP) is 3.00. The first-order chi connectivity index (χ1) is 8.34. The molecule has 94 valence electrons. The molecule has 1 fully saturated rings. The lowest BCUT2D eigenvalue weighted by Gasteiger charge is -2.22. The Morgan fingerprint density at radius 1 is 1.35 bits per heavy atom. The molecule has 1 aromatic heterocycles. The average molecular weight is 299 g/mol. The van der Waals surface area contributed by atoms with Crippen LogP contribution >= 0.6 is 15.9 Å². The van der Waals surface area contributed by atoms with Gasteiger partial charge in [-0.25, -0.2) is 4.98 Å². The molecule has 1 aliphatic rings. The minimum Gasteiger partial charge on any atom is -0.478 e. The predicted molar refractivity (Wildman–Crippen MR) is 72.3 cm³/mol. The van der Waals surface area contributed by atoms with Gasteiger partial charge in [-0.15, -0.1) is 0 Å². The first kappa shape index (κ1) is 12.8. The van der Waals surface area contributed by atoms with E-state index in [2.05, 4.69) is 26.2 Å². The molecule has 1 N–H and O–H groups in total. The summed E-state index contributed by atoms with van der Waals surface area (Å²) in [6, 6.07) is 3.85. The molecule has 0 saturated carbocycles. The maximum Gasteiger partial charge on any atom is 0.213 e. The third-order valence-electron chi connectivity index (χ3n) is 3.17. The number of pyridine rings is 1. The molecule has 0 unspecified atom stereocenters. The molecule has 0 aliphatic carbocycles. The van der Waals surface area contributed by atoms with Crippen LogP contribution < -0.4 is 10.1 Å². The number of hydrogen-bond acceptors (Lipinski definition) is 3. The fraction of sp³-hybridized carbons (Fsp3) is 0.615. The van der Waals surface area contributed by atoms with Crippen LogP contribution in [0.5, 0.6) is 5.88 Å². The van der Waals surface area contributed by atoms with E-state index in [9.17, 15) is 0 Å². The SMILES string of the molecule is Brc1ccc(OCCCC2CCNCC2)nc1. The lowest BCUT2D eigenvalue weighted by atomic mass is 9.93. The number of hydrogen-bond donors (Lipinski definition) is 1. The quantitative estimate of drug-likeness (QED) is 0.849. The molecular formula is C13H19BrN2O. The fourth-order valence-corrected chi connectivity index (χ4v) is 2.40. The summed E-state index contributed by atoms with van der Waals surface area (Å²) in [4.78, 5) is 4.18. The van der Waals surface area contributed by atoms with Gasteiger partial charge in [0.2, 0.25) is 5.88 Å². The first-order valence-electron chi connectivity index (χ1n) is 6.29. The van der Waals surface area contributed by atoms with Gasteiger partial charge in [-0.1, -0.05) is 0 Å². The number of rotatable bonds is 5. The van der Waals surface area contributed by atoms with Gasteiger partial charge in [0.25, 0.3) is 0 Å². The highest BCUT2D eigenvalue weighted by atomic mass is 79.9. The minimum atomic E-state index is 0.721. The van der Waals surface area contributed by atoms with Crippen molar-refractivity contribution in [2.75, 3.05) is 19.7 Å². The molecule has 1 saturated heterocycles. The number of nitrogens with zero attached hydrogens (tertiary/aromatic N) is 1. The van der Waals surface area contributed by atoms with Crippen molar-refractivity contribution in [2.24, 2.45) is 5.92 Å². The van der Waals surface area contributed by atoms with Crippen LogP contribution in [0.4, 0.5) is 0 Å². The second-order valence-electron chi connectivity index (χ2n) is 4.50. The molecule has 0 amide bonds. The lowest BCUT2D eigenvalue weighted by molar-refractivity contribution is 0.266. The summed E-state index contributed by atoms with van der Waals surface area (Å²) >= 11 is 3.36. The molecule has 2 rings (SSSR count). The van der Waals surface area contributed by atoms with Crippen LogP contribution in [0.2, 0.25) is 0 Å². The van der Waals surface area contributed by atoms with Crippen LogP contribution in [-0.2, 0) is 0 Å². The highest BCUT2D eigenvalue weighted by Crippen LogP contribution is 2.18. The first-order valence-corrected chi connectivity index (χ1v) is 7.09. The van der Waals surface area contributed by atoms with Crippen LogP contribution in [-0.4, -0.2) is 24.7 Å². The Bertz CT molecular complexity index is 323. The van der Waals surface area contributed by atoms with Crippen LogP contribution in [0, 0.1) is 5.92 Å². The Kier molecular flexibility index (Phi) is 5.26. The van der Waals surface area contributed by atoms with Gasteiger partial charge >= 0.3 is 0 Å². The van der Waals surface area contributed by atoms with Crippen molar-refractivity contribution >= 4 is 15.9 Å². The summed E-state index contributed by atoms with van der Waals surface area (Å²) in [6.45, 7) is 3.14. The zero-order chi connectivity index (χ0) is 11.9. The number of nitrogens with one attached hydrogen (secondary N) is 1. The third-order valence-corrected chi connectivity index (χ3v) is 3.63. The number of piperidine rings is 1. The monoisotopic (exact) mass is 298 g/mol. The molecule has 0 spiro atoms. The Hall–Kier alpha value is -0.610. The molecule has 4 heteroatoms. The van der Waals surface area contributed by atoms with Crippen molar-refractivity contribution in [3.05, 3.63) is 22.8 Å². The average Bonchev–Trinajstić information content (AvgIpc) is 2.38. The van der Waals surface area contributed by atoms with Crippen LogP contribution in [0.15, 0.2) is 22.8 Å². The third kappa shape index (κ3) is 4.64. The van der Waals surface area contributed by atoms with E-state index in [0.717, 1.165) is 29.3 Å². The van der Waals surface area contributed by atoms with Crippen molar-refractivity contribution in [1.82, 2.24) is 10.3 Å². The normalized spacial score (nSPS) is 17.0. The molecule has 0 aromatic carbocycles. The van der Waals surface area contributed by atoms with Crippen molar-refractivity contribution in [3.8, 4) is 5.88 Å². The van der Waals surface area contributed by atoms with Crippen LogP contribution in [0.25, 0.3) is 0 Å². The molecule has 17 heavy (non-hydrogen) atoms.